The van der Waals surface area contributed by atoms with E-state index in [2.05, 4.69) is 16.0 Å². The maximum absolute atomic E-state index is 13.2. The second kappa shape index (κ2) is 9.91. The Balaban J connectivity index is 1.56. The summed E-state index contributed by atoms with van der Waals surface area (Å²) < 4.78 is 11.1. The molecule has 0 aliphatic carbocycles. The molecular formula is C26H25N3O4. The van der Waals surface area contributed by atoms with Gasteiger partial charge in [0, 0.05) is 11.4 Å². The third kappa shape index (κ3) is 5.33. The first-order valence-electron chi connectivity index (χ1n) is 10.5. The van der Waals surface area contributed by atoms with Crippen molar-refractivity contribution in [2.75, 3.05) is 12.4 Å². The Morgan fingerprint density at radius 1 is 0.970 bits per heavy atom. The number of urea groups is 1. The van der Waals surface area contributed by atoms with Gasteiger partial charge in [0.15, 0.2) is 0 Å². The van der Waals surface area contributed by atoms with Crippen molar-refractivity contribution in [3.8, 4) is 11.5 Å². The maximum atomic E-state index is 13.2. The second-order valence-corrected chi connectivity index (χ2v) is 7.60. The lowest BCUT2D eigenvalue weighted by Gasteiger charge is -2.29. The highest BCUT2D eigenvalue weighted by molar-refractivity contribution is 6.06. The molecule has 0 spiro atoms. The lowest BCUT2D eigenvalue weighted by atomic mass is 9.94. The number of benzene rings is 3. The van der Waals surface area contributed by atoms with Gasteiger partial charge < -0.3 is 25.4 Å². The number of carbonyl (C=O) groups is 2. The summed E-state index contributed by atoms with van der Waals surface area (Å²) in [5.74, 6) is 1.03. The summed E-state index contributed by atoms with van der Waals surface area (Å²) in [4.78, 5) is 25.4. The molecule has 3 N–H and O–H groups in total. The van der Waals surface area contributed by atoms with Crippen LogP contribution in [0.1, 0.15) is 24.1 Å². The van der Waals surface area contributed by atoms with Gasteiger partial charge in [-0.15, -0.1) is 0 Å². The fourth-order valence-corrected chi connectivity index (χ4v) is 3.64. The molecule has 1 heterocycles. The largest absolute Gasteiger partial charge is 0.497 e. The van der Waals surface area contributed by atoms with Crippen LogP contribution in [0.5, 0.6) is 11.5 Å². The summed E-state index contributed by atoms with van der Waals surface area (Å²) in [6, 6.07) is 23.3. The van der Waals surface area contributed by atoms with E-state index in [1.807, 2.05) is 54.6 Å². The lowest BCUT2D eigenvalue weighted by molar-refractivity contribution is -0.113. The zero-order chi connectivity index (χ0) is 23.2. The van der Waals surface area contributed by atoms with Gasteiger partial charge in [0.05, 0.1) is 18.7 Å². The van der Waals surface area contributed by atoms with Gasteiger partial charge in [-0.05, 0) is 54.4 Å². The predicted molar refractivity (Wildman–Crippen MR) is 126 cm³/mol. The predicted octanol–water partition coefficient (Wildman–Crippen LogP) is 4.54. The first-order valence-corrected chi connectivity index (χ1v) is 10.5. The molecule has 1 unspecified atom stereocenters. The molecule has 1 atom stereocenters. The van der Waals surface area contributed by atoms with Crippen LogP contribution in [0.2, 0.25) is 0 Å². The summed E-state index contributed by atoms with van der Waals surface area (Å²) in [5, 5.41) is 8.44. The number of ether oxygens (including phenoxy) is 2. The molecule has 0 radical (unpaired) electrons. The molecule has 7 nitrogen and oxygen atoms in total. The van der Waals surface area contributed by atoms with E-state index in [1.54, 1.807) is 38.3 Å². The Bertz CT molecular complexity index is 1170. The van der Waals surface area contributed by atoms with Gasteiger partial charge in [-0.3, -0.25) is 4.79 Å². The monoisotopic (exact) mass is 443 g/mol. The van der Waals surface area contributed by atoms with Crippen molar-refractivity contribution < 1.29 is 19.1 Å². The van der Waals surface area contributed by atoms with Crippen molar-refractivity contribution in [1.29, 1.82) is 0 Å². The minimum Gasteiger partial charge on any atom is -0.497 e. The van der Waals surface area contributed by atoms with Crippen LogP contribution >= 0.6 is 0 Å². The third-order valence-electron chi connectivity index (χ3n) is 5.30. The highest BCUT2D eigenvalue weighted by Gasteiger charge is 2.31. The molecule has 1 aliphatic heterocycles. The summed E-state index contributed by atoms with van der Waals surface area (Å²) in [6.07, 6.45) is 0. The maximum Gasteiger partial charge on any atom is 0.319 e. The molecule has 3 aromatic carbocycles. The molecule has 33 heavy (non-hydrogen) atoms. The van der Waals surface area contributed by atoms with Gasteiger partial charge in [-0.1, -0.05) is 42.5 Å². The van der Waals surface area contributed by atoms with Crippen LogP contribution in [0.25, 0.3) is 0 Å². The number of amides is 3. The van der Waals surface area contributed by atoms with Gasteiger partial charge in [-0.25, -0.2) is 4.79 Å². The van der Waals surface area contributed by atoms with Crippen LogP contribution in [0, 0.1) is 0 Å². The quantitative estimate of drug-likeness (QED) is 0.500. The van der Waals surface area contributed by atoms with E-state index in [9.17, 15) is 9.59 Å². The number of methoxy groups -OCH3 is 1. The fraction of sp³-hybridized carbons (Fsp3) is 0.154. The van der Waals surface area contributed by atoms with E-state index in [0.29, 0.717) is 35.1 Å². The Hall–Kier alpha value is -4.26. The van der Waals surface area contributed by atoms with Gasteiger partial charge in [0.2, 0.25) is 0 Å². The number of allylic oxidation sites excluding steroid dienone is 1. The smallest absolute Gasteiger partial charge is 0.319 e. The first-order chi connectivity index (χ1) is 16.0. The Labute approximate surface area is 192 Å². The minimum absolute atomic E-state index is 0.314. The fourth-order valence-electron chi connectivity index (χ4n) is 3.64. The van der Waals surface area contributed by atoms with Crippen LogP contribution in [-0.4, -0.2) is 19.0 Å². The van der Waals surface area contributed by atoms with Crippen LogP contribution < -0.4 is 25.4 Å². The van der Waals surface area contributed by atoms with E-state index in [4.69, 9.17) is 9.47 Å². The van der Waals surface area contributed by atoms with Crippen molar-refractivity contribution in [3.05, 3.63) is 101 Å². The number of nitrogens with one attached hydrogen (secondary N) is 3. The molecule has 7 heteroatoms. The average molecular weight is 444 g/mol. The normalized spacial score (nSPS) is 15.3. The summed E-state index contributed by atoms with van der Waals surface area (Å²) in [6.45, 7) is 2.13. The third-order valence-corrected chi connectivity index (χ3v) is 5.30. The first kappa shape index (κ1) is 22.0. The van der Waals surface area contributed by atoms with E-state index >= 15 is 0 Å². The van der Waals surface area contributed by atoms with E-state index < -0.39 is 6.04 Å². The number of carbonyl (C=O) groups excluding carboxylic acids is 2. The summed E-state index contributed by atoms with van der Waals surface area (Å²) in [7, 11) is 1.58. The Kier molecular flexibility index (Phi) is 6.59. The zero-order valence-electron chi connectivity index (χ0n) is 18.4. The van der Waals surface area contributed by atoms with Crippen LogP contribution in [0.15, 0.2) is 90.1 Å². The van der Waals surface area contributed by atoms with Gasteiger partial charge in [-0.2, -0.15) is 0 Å². The van der Waals surface area contributed by atoms with Gasteiger partial charge in [0.25, 0.3) is 5.91 Å². The molecule has 0 aromatic heterocycles. The Morgan fingerprint density at radius 2 is 1.73 bits per heavy atom. The molecule has 0 bridgehead atoms. The van der Waals surface area contributed by atoms with Crippen LogP contribution in [-0.2, 0) is 11.4 Å². The van der Waals surface area contributed by atoms with E-state index in [-0.39, 0.29) is 11.9 Å². The van der Waals surface area contributed by atoms with Crippen molar-refractivity contribution in [1.82, 2.24) is 10.6 Å². The number of hydrogen-bond donors (Lipinski definition) is 3. The molecule has 3 amide bonds. The topological polar surface area (TPSA) is 88.7 Å². The lowest BCUT2D eigenvalue weighted by Crippen LogP contribution is -2.45. The number of anilines is 1. The molecule has 3 aromatic rings. The average Bonchev–Trinajstić information content (AvgIpc) is 2.83. The van der Waals surface area contributed by atoms with Gasteiger partial charge in [0.1, 0.15) is 18.1 Å². The standard InChI is InChI=1S/C26H25N3O4/c1-17-23(25(30)28-20-11-13-21(32-2)14-12-20)24(29-26(31)27-17)19-9-6-10-22(15-19)33-16-18-7-4-3-5-8-18/h3-15,24H,16H2,1-2H3,(H,28,30)(H2,27,29,31). The number of hydrogen-bond acceptors (Lipinski definition) is 4. The Morgan fingerprint density at radius 3 is 2.45 bits per heavy atom. The van der Waals surface area contributed by atoms with Crippen molar-refractivity contribution in [2.45, 2.75) is 19.6 Å². The molecule has 1 aliphatic rings. The molecule has 0 saturated heterocycles. The highest BCUT2D eigenvalue weighted by atomic mass is 16.5. The summed E-state index contributed by atoms with van der Waals surface area (Å²) >= 11 is 0. The minimum atomic E-state index is -0.628. The molecule has 0 fully saturated rings. The van der Waals surface area contributed by atoms with Gasteiger partial charge >= 0.3 is 6.03 Å². The van der Waals surface area contributed by atoms with E-state index in [0.717, 1.165) is 11.1 Å². The second-order valence-electron chi connectivity index (χ2n) is 7.60. The highest BCUT2D eigenvalue weighted by Crippen LogP contribution is 2.30. The molecule has 0 saturated carbocycles. The van der Waals surface area contributed by atoms with Crippen LogP contribution in [0.3, 0.4) is 0 Å². The zero-order valence-corrected chi connectivity index (χ0v) is 18.4. The van der Waals surface area contributed by atoms with Crippen molar-refractivity contribution in [3.63, 3.8) is 0 Å². The van der Waals surface area contributed by atoms with Crippen molar-refractivity contribution in [2.24, 2.45) is 0 Å². The molecule has 4 rings (SSSR count). The van der Waals surface area contributed by atoms with Crippen LogP contribution in [0.4, 0.5) is 10.5 Å². The molecule has 168 valence electrons. The van der Waals surface area contributed by atoms with Crippen molar-refractivity contribution >= 4 is 17.6 Å². The van der Waals surface area contributed by atoms with E-state index in [1.165, 1.54) is 0 Å². The number of rotatable bonds is 7. The molecular weight excluding hydrogens is 418 g/mol. The SMILES string of the molecule is COc1ccc(NC(=O)C2=C(C)NC(=O)NC2c2cccc(OCc3ccccc3)c2)cc1. The summed E-state index contributed by atoms with van der Waals surface area (Å²) in [5.41, 5.74) is 3.33.